The molecule has 0 N–H and O–H groups in total. The summed E-state index contributed by atoms with van der Waals surface area (Å²) in [4.78, 5) is 3.87. The molecule has 0 radical (unpaired) electrons. The fourth-order valence-electron chi connectivity index (χ4n) is 1.99. The van der Waals surface area contributed by atoms with E-state index in [1.807, 2.05) is 0 Å². The van der Waals surface area contributed by atoms with E-state index < -0.39 is 10.0 Å². The van der Waals surface area contributed by atoms with Gasteiger partial charge in [0.25, 0.3) is 10.0 Å². The van der Waals surface area contributed by atoms with Crippen molar-refractivity contribution in [1.82, 2.24) is 19.1 Å². The maximum absolute atomic E-state index is 12.3. The van der Waals surface area contributed by atoms with Gasteiger partial charge in [0.1, 0.15) is 16.9 Å². The summed E-state index contributed by atoms with van der Waals surface area (Å²) in [6, 6.07) is 3.39. The Balaban J connectivity index is 1.64. The second kappa shape index (κ2) is 4.97. The van der Waals surface area contributed by atoms with Crippen LogP contribution in [0.2, 0.25) is 0 Å². The van der Waals surface area contributed by atoms with Gasteiger partial charge in [0, 0.05) is 25.6 Å². The lowest BCUT2D eigenvalue weighted by molar-refractivity contribution is 0.175. The molecule has 0 spiro atoms. The lowest BCUT2D eigenvalue weighted by atomic mass is 10.0. The van der Waals surface area contributed by atoms with Crippen LogP contribution < -0.4 is 0 Å². The molecule has 1 aliphatic rings. The molecule has 3 rings (SSSR count). The van der Waals surface area contributed by atoms with Crippen LogP contribution in [0.3, 0.4) is 0 Å². The van der Waals surface area contributed by atoms with Crippen LogP contribution in [-0.4, -0.2) is 40.6 Å². The van der Waals surface area contributed by atoms with Crippen molar-refractivity contribution in [2.24, 2.45) is 5.92 Å². The molecule has 9 heteroatoms. The third-order valence-corrected chi connectivity index (χ3v) is 6.90. The summed E-state index contributed by atoms with van der Waals surface area (Å²) in [6.45, 7) is 1.79. The Morgan fingerprint density at radius 3 is 2.79 bits per heavy atom. The van der Waals surface area contributed by atoms with Crippen molar-refractivity contribution in [2.75, 3.05) is 13.1 Å². The highest BCUT2D eigenvalue weighted by Gasteiger charge is 2.37. The molecule has 19 heavy (non-hydrogen) atoms. The van der Waals surface area contributed by atoms with Crippen LogP contribution in [0.4, 0.5) is 0 Å². The molecular weight excluding hydrogens is 352 g/mol. The van der Waals surface area contributed by atoms with Crippen molar-refractivity contribution in [3.8, 4) is 0 Å². The van der Waals surface area contributed by atoms with Crippen LogP contribution in [-0.2, 0) is 16.6 Å². The number of hydrogen-bond acceptors (Lipinski definition) is 5. The van der Waals surface area contributed by atoms with E-state index in [1.165, 1.54) is 22.0 Å². The third-order valence-electron chi connectivity index (χ3n) is 2.98. The van der Waals surface area contributed by atoms with E-state index in [-0.39, 0.29) is 0 Å². The molecule has 0 aliphatic carbocycles. The van der Waals surface area contributed by atoms with Crippen LogP contribution >= 0.6 is 27.3 Å². The van der Waals surface area contributed by atoms with Crippen LogP contribution in [0.25, 0.3) is 0 Å². The molecule has 0 saturated carbocycles. The third kappa shape index (κ3) is 2.60. The Morgan fingerprint density at radius 2 is 2.21 bits per heavy atom. The monoisotopic (exact) mass is 362 g/mol. The smallest absolute Gasteiger partial charge is 0.252 e. The molecule has 0 amide bonds. The normalized spacial score (nSPS) is 17.5. The molecule has 1 fully saturated rings. The average molecular weight is 363 g/mol. The van der Waals surface area contributed by atoms with Gasteiger partial charge in [-0.3, -0.25) is 4.68 Å². The molecule has 1 saturated heterocycles. The Bertz CT molecular complexity index is 662. The molecule has 2 aromatic rings. The first-order valence-electron chi connectivity index (χ1n) is 5.63. The fraction of sp³-hybridized carbons (Fsp3) is 0.400. The van der Waals surface area contributed by atoms with E-state index in [0.717, 1.165) is 3.79 Å². The molecule has 2 aromatic heterocycles. The van der Waals surface area contributed by atoms with E-state index in [2.05, 4.69) is 26.0 Å². The van der Waals surface area contributed by atoms with Gasteiger partial charge in [-0.25, -0.2) is 13.4 Å². The Morgan fingerprint density at radius 1 is 1.42 bits per heavy atom. The van der Waals surface area contributed by atoms with Crippen LogP contribution in [0, 0.1) is 5.92 Å². The quantitative estimate of drug-likeness (QED) is 0.824. The number of rotatable bonds is 4. The second-order valence-corrected chi connectivity index (χ2v) is 8.99. The summed E-state index contributed by atoms with van der Waals surface area (Å²) in [6.07, 6.45) is 3.13. The molecule has 0 aromatic carbocycles. The van der Waals surface area contributed by atoms with E-state index in [1.54, 1.807) is 23.1 Å². The molecule has 0 atom stereocenters. The number of nitrogens with zero attached hydrogens (tertiary/aromatic N) is 4. The molecular formula is C10H11BrN4O2S2. The summed E-state index contributed by atoms with van der Waals surface area (Å²) < 4.78 is 29.0. The summed E-state index contributed by atoms with van der Waals surface area (Å²) in [5.41, 5.74) is 0. The minimum Gasteiger partial charge on any atom is -0.253 e. The first kappa shape index (κ1) is 13.2. The van der Waals surface area contributed by atoms with Crippen molar-refractivity contribution in [2.45, 2.75) is 10.8 Å². The van der Waals surface area contributed by atoms with Gasteiger partial charge in [0.2, 0.25) is 0 Å². The summed E-state index contributed by atoms with van der Waals surface area (Å²) >= 11 is 4.52. The largest absolute Gasteiger partial charge is 0.253 e. The zero-order chi connectivity index (χ0) is 13.5. The fourth-order valence-corrected chi connectivity index (χ4v) is 5.75. The maximum Gasteiger partial charge on any atom is 0.252 e. The number of hydrogen-bond donors (Lipinski definition) is 0. The van der Waals surface area contributed by atoms with Gasteiger partial charge in [0.05, 0.1) is 3.79 Å². The summed E-state index contributed by atoms with van der Waals surface area (Å²) in [7, 11) is -3.32. The minimum atomic E-state index is -3.32. The van der Waals surface area contributed by atoms with Crippen molar-refractivity contribution >= 4 is 37.3 Å². The first-order valence-corrected chi connectivity index (χ1v) is 8.68. The summed E-state index contributed by atoms with van der Waals surface area (Å²) in [5.74, 6) is 0.305. The van der Waals surface area contributed by atoms with Gasteiger partial charge < -0.3 is 0 Å². The van der Waals surface area contributed by atoms with Crippen LogP contribution in [0.5, 0.6) is 0 Å². The van der Waals surface area contributed by atoms with Crippen LogP contribution in [0.1, 0.15) is 0 Å². The second-order valence-electron chi connectivity index (χ2n) is 4.36. The molecule has 1 aliphatic heterocycles. The van der Waals surface area contributed by atoms with E-state index in [0.29, 0.717) is 29.8 Å². The van der Waals surface area contributed by atoms with Gasteiger partial charge in [0.15, 0.2) is 0 Å². The predicted molar refractivity (Wildman–Crippen MR) is 74.3 cm³/mol. The number of thiophene rings is 1. The van der Waals surface area contributed by atoms with Crippen molar-refractivity contribution < 1.29 is 8.42 Å². The Kier molecular flexibility index (Phi) is 3.46. The zero-order valence-electron chi connectivity index (χ0n) is 9.81. The highest BCUT2D eigenvalue weighted by atomic mass is 79.9. The van der Waals surface area contributed by atoms with Crippen molar-refractivity contribution in [3.63, 3.8) is 0 Å². The average Bonchev–Trinajstić information content (AvgIpc) is 2.93. The standard InChI is InChI=1S/C10H11BrN4O2S2/c11-9-1-2-10(18-9)19(16,17)15-4-8(5-15)3-14-7-12-6-13-14/h1-2,6-8H,3-5H2. The Hall–Kier alpha value is -0.770. The molecule has 102 valence electrons. The van der Waals surface area contributed by atoms with Crippen LogP contribution in [0.15, 0.2) is 32.8 Å². The first-order chi connectivity index (χ1) is 9.05. The number of halogens is 1. The Labute approximate surface area is 123 Å². The molecule has 0 unspecified atom stereocenters. The lowest BCUT2D eigenvalue weighted by Gasteiger charge is -2.37. The maximum atomic E-state index is 12.3. The minimum absolute atomic E-state index is 0.305. The van der Waals surface area contributed by atoms with E-state index >= 15 is 0 Å². The van der Waals surface area contributed by atoms with Gasteiger partial charge in [-0.05, 0) is 28.1 Å². The topological polar surface area (TPSA) is 68.1 Å². The van der Waals surface area contributed by atoms with E-state index in [9.17, 15) is 8.42 Å². The van der Waals surface area contributed by atoms with Crippen molar-refractivity contribution in [3.05, 3.63) is 28.6 Å². The van der Waals surface area contributed by atoms with Gasteiger partial charge in [-0.1, -0.05) is 0 Å². The summed E-state index contributed by atoms with van der Waals surface area (Å²) in [5, 5.41) is 4.02. The van der Waals surface area contributed by atoms with Gasteiger partial charge in [-0.15, -0.1) is 11.3 Å². The number of sulfonamides is 1. The predicted octanol–water partition coefficient (Wildman–Crippen LogP) is 1.42. The van der Waals surface area contributed by atoms with Crippen molar-refractivity contribution in [1.29, 1.82) is 0 Å². The van der Waals surface area contributed by atoms with Gasteiger partial charge >= 0.3 is 0 Å². The highest BCUT2D eigenvalue weighted by Crippen LogP contribution is 2.32. The molecule has 0 bridgehead atoms. The lowest BCUT2D eigenvalue weighted by Crippen LogP contribution is -2.51. The zero-order valence-corrected chi connectivity index (χ0v) is 13.0. The van der Waals surface area contributed by atoms with Gasteiger partial charge in [-0.2, -0.15) is 9.40 Å². The molecule has 3 heterocycles. The SMILES string of the molecule is O=S(=O)(c1ccc(Br)s1)N1CC(Cn2cncn2)C1. The van der Waals surface area contributed by atoms with E-state index in [4.69, 9.17) is 0 Å². The number of aromatic nitrogens is 3. The highest BCUT2D eigenvalue weighted by molar-refractivity contribution is 9.11. The molecule has 6 nitrogen and oxygen atoms in total.